The lowest BCUT2D eigenvalue weighted by Gasteiger charge is -2.25. The van der Waals surface area contributed by atoms with E-state index < -0.39 is 0 Å². The van der Waals surface area contributed by atoms with Gasteiger partial charge in [-0.25, -0.2) is 4.68 Å². The standard InChI is InChI=1S/C16H19BrN4O3/c1-3-4-5-24-14-7-11(17)10(6-13(14)23-2)12-8-15(22)20-16-18-9-19-21(12)16/h6-7,9,12H,3-5,8H2,1-2H3,(H,18,19,20,22)/t12-/m1/s1. The van der Waals surface area contributed by atoms with Crippen molar-refractivity contribution in [1.29, 1.82) is 0 Å². The Kier molecular flexibility index (Phi) is 5.03. The molecule has 8 heteroatoms. The highest BCUT2D eigenvalue weighted by atomic mass is 79.9. The number of rotatable bonds is 6. The molecule has 128 valence electrons. The van der Waals surface area contributed by atoms with Crippen LogP contribution in [0.5, 0.6) is 11.5 Å². The van der Waals surface area contributed by atoms with Crippen LogP contribution < -0.4 is 14.8 Å². The number of amides is 1. The van der Waals surface area contributed by atoms with Gasteiger partial charge in [0.15, 0.2) is 11.5 Å². The lowest BCUT2D eigenvalue weighted by Crippen LogP contribution is -2.29. The minimum absolute atomic E-state index is 0.0883. The third-order valence-electron chi connectivity index (χ3n) is 3.90. The summed E-state index contributed by atoms with van der Waals surface area (Å²) in [4.78, 5) is 16.0. The number of nitrogens with zero attached hydrogens (tertiary/aromatic N) is 3. The van der Waals surface area contributed by atoms with Gasteiger partial charge < -0.3 is 9.47 Å². The summed E-state index contributed by atoms with van der Waals surface area (Å²) < 4.78 is 13.8. The van der Waals surface area contributed by atoms with Crippen molar-refractivity contribution in [2.45, 2.75) is 32.2 Å². The van der Waals surface area contributed by atoms with Crippen molar-refractivity contribution >= 4 is 27.8 Å². The number of anilines is 1. The van der Waals surface area contributed by atoms with Crippen LogP contribution in [0.2, 0.25) is 0 Å². The van der Waals surface area contributed by atoms with Crippen LogP contribution in [0.25, 0.3) is 0 Å². The van der Waals surface area contributed by atoms with Gasteiger partial charge in [-0.3, -0.25) is 10.1 Å². The number of benzene rings is 1. The minimum Gasteiger partial charge on any atom is -0.493 e. The Morgan fingerprint density at radius 1 is 1.42 bits per heavy atom. The summed E-state index contributed by atoms with van der Waals surface area (Å²) in [5, 5.41) is 6.94. The molecule has 1 aromatic heterocycles. The van der Waals surface area contributed by atoms with Gasteiger partial charge in [0.2, 0.25) is 11.9 Å². The molecule has 1 aliphatic rings. The average molecular weight is 395 g/mol. The van der Waals surface area contributed by atoms with E-state index >= 15 is 0 Å². The van der Waals surface area contributed by atoms with Gasteiger partial charge >= 0.3 is 0 Å². The fraction of sp³-hybridized carbons (Fsp3) is 0.438. The van der Waals surface area contributed by atoms with Gasteiger partial charge in [0.1, 0.15) is 6.33 Å². The zero-order chi connectivity index (χ0) is 17.1. The summed E-state index contributed by atoms with van der Waals surface area (Å²) in [6.07, 6.45) is 3.76. The molecule has 3 rings (SSSR count). The number of ether oxygens (including phenoxy) is 2. The first-order valence-corrected chi connectivity index (χ1v) is 8.63. The highest BCUT2D eigenvalue weighted by Gasteiger charge is 2.30. The van der Waals surface area contributed by atoms with Crippen LogP contribution in [-0.2, 0) is 4.79 Å². The van der Waals surface area contributed by atoms with Crippen molar-refractivity contribution in [2.24, 2.45) is 0 Å². The van der Waals surface area contributed by atoms with Crippen LogP contribution in [-0.4, -0.2) is 34.4 Å². The van der Waals surface area contributed by atoms with Crippen LogP contribution >= 0.6 is 15.9 Å². The van der Waals surface area contributed by atoms with E-state index in [1.165, 1.54) is 6.33 Å². The summed E-state index contributed by atoms with van der Waals surface area (Å²) in [5.74, 6) is 1.68. The molecule has 1 aromatic carbocycles. The topological polar surface area (TPSA) is 78.3 Å². The number of methoxy groups -OCH3 is 1. The summed E-state index contributed by atoms with van der Waals surface area (Å²) in [6, 6.07) is 3.52. The van der Waals surface area contributed by atoms with Crippen LogP contribution in [0.1, 0.15) is 37.8 Å². The van der Waals surface area contributed by atoms with Gasteiger partial charge in [-0.2, -0.15) is 10.1 Å². The molecule has 0 unspecified atom stereocenters. The summed E-state index contributed by atoms with van der Waals surface area (Å²) in [6.45, 7) is 2.75. The molecule has 1 aliphatic heterocycles. The molecule has 2 aromatic rings. The number of hydrogen-bond donors (Lipinski definition) is 1. The maximum atomic E-state index is 12.0. The number of aromatic nitrogens is 3. The Hall–Kier alpha value is -2.09. The van der Waals surface area contributed by atoms with Crippen molar-refractivity contribution in [3.63, 3.8) is 0 Å². The molecule has 1 N–H and O–H groups in total. The zero-order valence-corrected chi connectivity index (χ0v) is 15.2. The molecule has 0 aliphatic carbocycles. The molecular weight excluding hydrogens is 376 g/mol. The van der Waals surface area contributed by atoms with Crippen LogP contribution in [0.15, 0.2) is 22.9 Å². The number of carbonyl (C=O) groups is 1. The molecule has 0 radical (unpaired) electrons. The minimum atomic E-state index is -0.246. The third-order valence-corrected chi connectivity index (χ3v) is 4.58. The Bertz CT molecular complexity index is 747. The zero-order valence-electron chi connectivity index (χ0n) is 13.6. The Labute approximate surface area is 148 Å². The van der Waals surface area contributed by atoms with E-state index in [0.29, 0.717) is 24.1 Å². The fourth-order valence-corrected chi connectivity index (χ4v) is 3.24. The van der Waals surface area contributed by atoms with Gasteiger partial charge in [-0.05, 0) is 24.1 Å². The SMILES string of the molecule is CCCCOc1cc(Br)c([C@H]2CC(=O)Nc3ncnn32)cc1OC. The second-order valence-electron chi connectivity index (χ2n) is 5.52. The lowest BCUT2D eigenvalue weighted by atomic mass is 10.0. The number of unbranched alkanes of at least 4 members (excludes halogenated alkanes) is 1. The Morgan fingerprint density at radius 3 is 3.00 bits per heavy atom. The van der Waals surface area contributed by atoms with Crippen molar-refractivity contribution < 1.29 is 14.3 Å². The highest BCUT2D eigenvalue weighted by Crippen LogP contribution is 2.40. The fourth-order valence-electron chi connectivity index (χ4n) is 2.65. The summed E-state index contributed by atoms with van der Waals surface area (Å²) in [7, 11) is 1.61. The van der Waals surface area contributed by atoms with Crippen molar-refractivity contribution in [3.05, 3.63) is 28.5 Å². The number of carbonyl (C=O) groups excluding carboxylic acids is 1. The second-order valence-corrected chi connectivity index (χ2v) is 6.38. The number of hydrogen-bond acceptors (Lipinski definition) is 5. The van der Waals surface area contributed by atoms with Gasteiger partial charge in [-0.1, -0.05) is 29.3 Å². The van der Waals surface area contributed by atoms with Crippen LogP contribution in [0.4, 0.5) is 5.95 Å². The monoisotopic (exact) mass is 394 g/mol. The van der Waals surface area contributed by atoms with Crippen LogP contribution in [0.3, 0.4) is 0 Å². The highest BCUT2D eigenvalue weighted by molar-refractivity contribution is 9.10. The molecule has 0 bridgehead atoms. The van der Waals surface area contributed by atoms with Crippen LogP contribution in [0, 0.1) is 0 Å². The molecule has 0 saturated carbocycles. The first-order valence-electron chi connectivity index (χ1n) is 7.83. The van der Waals surface area contributed by atoms with E-state index in [4.69, 9.17) is 9.47 Å². The second kappa shape index (κ2) is 7.21. The van der Waals surface area contributed by atoms with E-state index in [1.807, 2.05) is 12.1 Å². The molecule has 24 heavy (non-hydrogen) atoms. The maximum Gasteiger partial charge on any atom is 0.229 e. The molecule has 7 nitrogen and oxygen atoms in total. The van der Waals surface area contributed by atoms with Gasteiger partial charge in [0.25, 0.3) is 0 Å². The van der Waals surface area contributed by atoms with Crippen molar-refractivity contribution in [2.75, 3.05) is 19.0 Å². The third kappa shape index (κ3) is 3.24. The number of fused-ring (bicyclic) bond motifs is 1. The molecule has 2 heterocycles. The maximum absolute atomic E-state index is 12.0. The van der Waals surface area contributed by atoms with Gasteiger partial charge in [0.05, 0.1) is 26.2 Å². The Balaban J connectivity index is 1.96. The molecular formula is C16H19BrN4O3. The smallest absolute Gasteiger partial charge is 0.229 e. The average Bonchev–Trinajstić information content (AvgIpc) is 3.03. The van der Waals surface area contributed by atoms with E-state index in [-0.39, 0.29) is 18.4 Å². The molecule has 0 saturated heterocycles. The first-order chi connectivity index (χ1) is 11.6. The quantitative estimate of drug-likeness (QED) is 0.761. The van der Waals surface area contributed by atoms with E-state index in [2.05, 4.69) is 38.3 Å². The van der Waals surface area contributed by atoms with Gasteiger partial charge in [0, 0.05) is 4.47 Å². The molecule has 1 atom stereocenters. The largest absolute Gasteiger partial charge is 0.493 e. The molecule has 0 fully saturated rings. The van der Waals surface area contributed by atoms with Gasteiger partial charge in [-0.15, -0.1) is 0 Å². The predicted molar refractivity (Wildman–Crippen MR) is 92.5 cm³/mol. The van der Waals surface area contributed by atoms with E-state index in [0.717, 1.165) is 22.9 Å². The normalized spacial score (nSPS) is 16.5. The molecule has 1 amide bonds. The van der Waals surface area contributed by atoms with E-state index in [9.17, 15) is 4.79 Å². The first kappa shape index (κ1) is 16.8. The number of nitrogens with one attached hydrogen (secondary N) is 1. The molecule has 0 spiro atoms. The summed E-state index contributed by atoms with van der Waals surface area (Å²) in [5.41, 5.74) is 0.899. The van der Waals surface area contributed by atoms with E-state index in [1.54, 1.807) is 11.8 Å². The Morgan fingerprint density at radius 2 is 2.25 bits per heavy atom. The van der Waals surface area contributed by atoms with Crippen molar-refractivity contribution in [3.8, 4) is 11.5 Å². The predicted octanol–water partition coefficient (Wildman–Crippen LogP) is 3.16. The lowest BCUT2D eigenvalue weighted by molar-refractivity contribution is -0.117. The summed E-state index contributed by atoms with van der Waals surface area (Å²) >= 11 is 3.59. The van der Waals surface area contributed by atoms with Crippen molar-refractivity contribution in [1.82, 2.24) is 14.8 Å². The number of halogens is 1.